The van der Waals surface area contributed by atoms with Crippen LogP contribution in [-0.2, 0) is 9.59 Å². The third-order valence-electron chi connectivity index (χ3n) is 1.30. The summed E-state index contributed by atoms with van der Waals surface area (Å²) in [5.74, 6) is -2.10. The number of rotatable bonds is 4. The number of hydrogen-bond donors (Lipinski definition) is 3. The number of carboxylic acids is 1. The highest BCUT2D eigenvalue weighted by Gasteiger charge is 2.19. The van der Waals surface area contributed by atoms with Crippen molar-refractivity contribution in [1.82, 2.24) is 0 Å². The van der Waals surface area contributed by atoms with E-state index in [4.69, 9.17) is 15.3 Å². The number of Topliss-reactive ketones (excluding diaryl/α,β-unsaturated/α-hetero) is 1. The van der Waals surface area contributed by atoms with Gasteiger partial charge in [0.2, 0.25) is 0 Å². The van der Waals surface area contributed by atoms with Gasteiger partial charge in [-0.2, -0.15) is 0 Å². The Balaban J connectivity index is 0. The van der Waals surface area contributed by atoms with Crippen LogP contribution in [0.5, 0.6) is 0 Å². The average Bonchev–Trinajstić information content (AvgIpc) is 2.04. The third-order valence-corrected chi connectivity index (χ3v) is 1.30. The van der Waals surface area contributed by atoms with E-state index in [-0.39, 0.29) is 19.0 Å². The maximum atomic E-state index is 10.4. The zero-order valence-corrected chi connectivity index (χ0v) is 7.86. The predicted molar refractivity (Wildman–Crippen MR) is 46.3 cm³/mol. The van der Waals surface area contributed by atoms with Crippen molar-refractivity contribution >= 4 is 11.8 Å². The van der Waals surface area contributed by atoms with Gasteiger partial charge in [-0.15, -0.1) is 0 Å². The minimum absolute atomic E-state index is 0.125. The fraction of sp³-hybridized carbons (Fsp3) is 0.750. The standard InChI is InChI=1S/C6H10O3.C2H6O2/c1-3-5(4(2)7)6(8)9;3-1-2-4/h5H,3H2,1-2H3,(H,8,9);3-4H,1-2H2. The molecule has 0 aromatic heterocycles. The van der Waals surface area contributed by atoms with Gasteiger partial charge in [0.1, 0.15) is 11.7 Å². The Labute approximate surface area is 77.0 Å². The number of carbonyl (C=O) groups is 2. The lowest BCUT2D eigenvalue weighted by atomic mass is 10.0. The third kappa shape index (κ3) is 8.97. The molecule has 78 valence electrons. The van der Waals surface area contributed by atoms with E-state index in [9.17, 15) is 9.59 Å². The number of aliphatic hydroxyl groups is 2. The molecule has 3 N–H and O–H groups in total. The minimum atomic E-state index is -1.02. The number of carboxylic acid groups (broad SMARTS) is 1. The van der Waals surface area contributed by atoms with Crippen molar-refractivity contribution in [3.8, 4) is 0 Å². The number of aliphatic hydroxyl groups excluding tert-OH is 2. The highest BCUT2D eigenvalue weighted by atomic mass is 16.4. The smallest absolute Gasteiger partial charge is 0.314 e. The van der Waals surface area contributed by atoms with Gasteiger partial charge in [-0.25, -0.2) is 0 Å². The van der Waals surface area contributed by atoms with Crippen molar-refractivity contribution < 1.29 is 24.9 Å². The summed E-state index contributed by atoms with van der Waals surface area (Å²) in [6.07, 6.45) is 0.380. The van der Waals surface area contributed by atoms with E-state index in [2.05, 4.69) is 0 Å². The van der Waals surface area contributed by atoms with Gasteiger partial charge in [0.25, 0.3) is 0 Å². The van der Waals surface area contributed by atoms with E-state index in [1.165, 1.54) is 6.92 Å². The fourth-order valence-corrected chi connectivity index (χ4v) is 0.636. The molecule has 0 radical (unpaired) electrons. The van der Waals surface area contributed by atoms with Gasteiger partial charge in [0.15, 0.2) is 0 Å². The number of hydrogen-bond acceptors (Lipinski definition) is 4. The normalized spacial score (nSPS) is 11.1. The van der Waals surface area contributed by atoms with E-state index >= 15 is 0 Å². The van der Waals surface area contributed by atoms with Crippen LogP contribution in [0.3, 0.4) is 0 Å². The lowest BCUT2D eigenvalue weighted by Crippen LogP contribution is -2.19. The van der Waals surface area contributed by atoms with E-state index < -0.39 is 11.9 Å². The van der Waals surface area contributed by atoms with Gasteiger partial charge in [-0.3, -0.25) is 9.59 Å². The van der Waals surface area contributed by atoms with E-state index in [0.717, 1.165) is 0 Å². The first-order valence-corrected chi connectivity index (χ1v) is 3.96. The second-order valence-electron chi connectivity index (χ2n) is 2.36. The number of aliphatic carboxylic acids is 1. The topological polar surface area (TPSA) is 94.8 Å². The lowest BCUT2D eigenvalue weighted by Gasteiger charge is -2.01. The van der Waals surface area contributed by atoms with Crippen LogP contribution in [0.25, 0.3) is 0 Å². The van der Waals surface area contributed by atoms with Crippen LogP contribution in [-0.4, -0.2) is 40.3 Å². The summed E-state index contributed by atoms with van der Waals surface area (Å²) in [6, 6.07) is 0. The first-order valence-electron chi connectivity index (χ1n) is 3.96. The van der Waals surface area contributed by atoms with Crippen molar-refractivity contribution in [1.29, 1.82) is 0 Å². The molecule has 1 unspecified atom stereocenters. The summed E-state index contributed by atoms with van der Waals surface area (Å²) in [5.41, 5.74) is 0. The summed E-state index contributed by atoms with van der Waals surface area (Å²) in [5, 5.41) is 23.6. The summed E-state index contributed by atoms with van der Waals surface area (Å²) in [6.45, 7) is 2.72. The molecule has 5 heteroatoms. The highest BCUT2D eigenvalue weighted by Crippen LogP contribution is 2.02. The van der Waals surface area contributed by atoms with Crippen LogP contribution in [0.2, 0.25) is 0 Å². The molecule has 0 heterocycles. The maximum Gasteiger partial charge on any atom is 0.314 e. The Hall–Kier alpha value is -0.940. The van der Waals surface area contributed by atoms with Gasteiger partial charge >= 0.3 is 5.97 Å². The molecule has 1 atom stereocenters. The zero-order chi connectivity index (χ0) is 10.9. The van der Waals surface area contributed by atoms with Crippen molar-refractivity contribution in [3.63, 3.8) is 0 Å². The zero-order valence-electron chi connectivity index (χ0n) is 7.86. The molecule has 0 aromatic carbocycles. The van der Waals surface area contributed by atoms with Gasteiger partial charge < -0.3 is 15.3 Å². The van der Waals surface area contributed by atoms with Crippen molar-refractivity contribution in [2.45, 2.75) is 20.3 Å². The Bertz CT molecular complexity index is 139. The summed E-state index contributed by atoms with van der Waals surface area (Å²) in [7, 11) is 0. The van der Waals surface area contributed by atoms with E-state index in [1.807, 2.05) is 0 Å². The molecule has 0 rings (SSSR count). The molecule has 0 aliphatic heterocycles. The molecule has 5 nitrogen and oxygen atoms in total. The lowest BCUT2D eigenvalue weighted by molar-refractivity contribution is -0.145. The molecule has 0 fully saturated rings. The molecule has 0 saturated carbocycles. The van der Waals surface area contributed by atoms with E-state index in [0.29, 0.717) is 6.42 Å². The molecular weight excluding hydrogens is 176 g/mol. The summed E-state index contributed by atoms with van der Waals surface area (Å²) in [4.78, 5) is 20.6. The van der Waals surface area contributed by atoms with Crippen LogP contribution < -0.4 is 0 Å². The van der Waals surface area contributed by atoms with Crippen LogP contribution >= 0.6 is 0 Å². The maximum absolute atomic E-state index is 10.4. The van der Waals surface area contributed by atoms with Crippen molar-refractivity contribution in [2.24, 2.45) is 5.92 Å². The first-order chi connectivity index (χ1) is 6.01. The molecule has 0 bridgehead atoms. The SMILES string of the molecule is CCC(C(C)=O)C(=O)O.OCCO. The molecule has 0 amide bonds. The van der Waals surface area contributed by atoms with Crippen LogP contribution in [0.1, 0.15) is 20.3 Å². The van der Waals surface area contributed by atoms with Crippen LogP contribution in [0, 0.1) is 5.92 Å². The number of ketones is 1. The molecule has 0 aliphatic carbocycles. The Morgan fingerprint density at radius 2 is 1.62 bits per heavy atom. The average molecular weight is 192 g/mol. The molecule has 0 saturated heterocycles. The van der Waals surface area contributed by atoms with Crippen molar-refractivity contribution in [2.75, 3.05) is 13.2 Å². The molecule has 0 aliphatic rings. The van der Waals surface area contributed by atoms with Gasteiger partial charge in [0, 0.05) is 0 Å². The Morgan fingerprint density at radius 1 is 1.23 bits per heavy atom. The van der Waals surface area contributed by atoms with Gasteiger partial charge in [0.05, 0.1) is 13.2 Å². The van der Waals surface area contributed by atoms with Gasteiger partial charge in [-0.05, 0) is 13.3 Å². The number of carbonyl (C=O) groups excluding carboxylic acids is 1. The minimum Gasteiger partial charge on any atom is -0.481 e. The monoisotopic (exact) mass is 192 g/mol. The molecule has 13 heavy (non-hydrogen) atoms. The van der Waals surface area contributed by atoms with Crippen LogP contribution in [0.4, 0.5) is 0 Å². The van der Waals surface area contributed by atoms with Crippen molar-refractivity contribution in [3.05, 3.63) is 0 Å². The molecular formula is C8H16O5. The fourth-order valence-electron chi connectivity index (χ4n) is 0.636. The second kappa shape index (κ2) is 9.15. The van der Waals surface area contributed by atoms with E-state index in [1.54, 1.807) is 6.92 Å². The van der Waals surface area contributed by atoms with Crippen LogP contribution in [0.15, 0.2) is 0 Å². The molecule has 0 spiro atoms. The highest BCUT2D eigenvalue weighted by molar-refractivity contribution is 5.96. The largest absolute Gasteiger partial charge is 0.481 e. The van der Waals surface area contributed by atoms with Gasteiger partial charge in [-0.1, -0.05) is 6.92 Å². The second-order valence-corrected chi connectivity index (χ2v) is 2.36. The summed E-state index contributed by atoms with van der Waals surface area (Å²) < 4.78 is 0. The Kier molecular flexibility index (Phi) is 10.3. The molecule has 0 aromatic rings. The quantitative estimate of drug-likeness (QED) is 0.529. The first kappa shape index (κ1) is 14.6. The Morgan fingerprint density at radius 3 is 1.62 bits per heavy atom. The predicted octanol–water partition coefficient (Wildman–Crippen LogP) is -0.343. The summed E-state index contributed by atoms with van der Waals surface area (Å²) >= 11 is 0.